The molecule has 2 unspecified atom stereocenters. The minimum Gasteiger partial charge on any atom is -0.464 e. The number of nitrogens with zero attached hydrogens (tertiary/aromatic N) is 1. The van der Waals surface area contributed by atoms with Crippen LogP contribution in [0, 0.1) is 0 Å². The maximum absolute atomic E-state index is 14.3. The van der Waals surface area contributed by atoms with Gasteiger partial charge in [-0.05, 0) is 27.7 Å². The highest BCUT2D eigenvalue weighted by molar-refractivity contribution is 5.78. The molecular formula is C12H20F3NO4. The number of ether oxygens (including phenoxy) is 2. The average molecular weight is 299 g/mol. The molecule has 5 nitrogen and oxygen atoms in total. The van der Waals surface area contributed by atoms with Gasteiger partial charge in [0.1, 0.15) is 12.3 Å². The van der Waals surface area contributed by atoms with E-state index in [2.05, 4.69) is 4.74 Å². The van der Waals surface area contributed by atoms with Crippen LogP contribution in [0.25, 0.3) is 0 Å². The van der Waals surface area contributed by atoms with E-state index in [9.17, 15) is 22.8 Å². The normalized spacial score (nSPS) is 16.0. The van der Waals surface area contributed by atoms with Crippen LogP contribution in [-0.2, 0) is 14.3 Å². The van der Waals surface area contributed by atoms with Crippen LogP contribution < -0.4 is 0 Å². The van der Waals surface area contributed by atoms with Crippen molar-refractivity contribution in [3.63, 3.8) is 0 Å². The summed E-state index contributed by atoms with van der Waals surface area (Å²) >= 11 is 0. The Balaban J connectivity index is 5.11. The highest BCUT2D eigenvalue weighted by atomic mass is 19.2. The molecule has 0 aromatic rings. The number of halogens is 3. The fraction of sp³-hybridized carbons (Fsp3) is 0.833. The van der Waals surface area contributed by atoms with E-state index in [1.165, 1.54) is 27.7 Å². The van der Waals surface area contributed by atoms with E-state index < -0.39 is 36.3 Å². The lowest BCUT2D eigenvalue weighted by Crippen LogP contribution is -2.58. The summed E-state index contributed by atoms with van der Waals surface area (Å²) in [4.78, 5) is 22.9. The molecule has 0 heterocycles. The number of rotatable bonds is 5. The molecule has 0 bridgehead atoms. The number of alkyl halides is 3. The molecule has 118 valence electrons. The second-order valence-corrected chi connectivity index (χ2v) is 5.11. The van der Waals surface area contributed by atoms with E-state index in [4.69, 9.17) is 4.74 Å². The zero-order valence-corrected chi connectivity index (χ0v) is 12.2. The van der Waals surface area contributed by atoms with Crippen LogP contribution in [0.2, 0.25) is 0 Å². The van der Waals surface area contributed by atoms with Crippen molar-refractivity contribution in [2.24, 2.45) is 0 Å². The summed E-state index contributed by atoms with van der Waals surface area (Å²) in [5, 5.41) is 0. The molecule has 8 heteroatoms. The van der Waals surface area contributed by atoms with Gasteiger partial charge in [0, 0.05) is 7.05 Å². The lowest BCUT2D eigenvalue weighted by molar-refractivity contribution is -0.166. The van der Waals surface area contributed by atoms with E-state index in [0.717, 1.165) is 7.05 Å². The van der Waals surface area contributed by atoms with Gasteiger partial charge >= 0.3 is 12.1 Å². The Bertz CT molecular complexity index is 359. The van der Waals surface area contributed by atoms with Crippen molar-refractivity contribution in [1.82, 2.24) is 4.90 Å². The number of hydrogen-bond acceptors (Lipinski definition) is 4. The molecule has 0 spiro atoms. The van der Waals surface area contributed by atoms with E-state index in [1.807, 2.05) is 0 Å². The van der Waals surface area contributed by atoms with Gasteiger partial charge in [-0.15, -0.1) is 0 Å². The largest absolute Gasteiger partial charge is 0.464 e. The first-order valence-corrected chi connectivity index (χ1v) is 6.02. The first-order chi connectivity index (χ1) is 8.99. The summed E-state index contributed by atoms with van der Waals surface area (Å²) in [6.45, 7) is 3.79. The Morgan fingerprint density at radius 3 is 2.15 bits per heavy atom. The third-order valence-corrected chi connectivity index (χ3v) is 2.29. The second-order valence-electron chi connectivity index (χ2n) is 5.11. The van der Waals surface area contributed by atoms with Gasteiger partial charge < -0.3 is 9.47 Å². The maximum atomic E-state index is 14.3. The third-order valence-electron chi connectivity index (χ3n) is 2.29. The molecular weight excluding hydrogens is 279 g/mol. The van der Waals surface area contributed by atoms with Gasteiger partial charge in [-0.1, -0.05) is 0 Å². The van der Waals surface area contributed by atoms with Crippen LogP contribution in [-0.4, -0.2) is 54.9 Å². The summed E-state index contributed by atoms with van der Waals surface area (Å²) < 4.78 is 50.0. The van der Waals surface area contributed by atoms with Crippen molar-refractivity contribution >= 4 is 12.1 Å². The van der Waals surface area contributed by atoms with Crippen LogP contribution in [0.15, 0.2) is 0 Å². The van der Waals surface area contributed by atoms with Gasteiger partial charge in [0.2, 0.25) is 0 Å². The van der Waals surface area contributed by atoms with Crippen LogP contribution in [0.4, 0.5) is 18.0 Å². The zero-order chi connectivity index (χ0) is 16.1. The van der Waals surface area contributed by atoms with Crippen LogP contribution >= 0.6 is 0 Å². The molecule has 1 amide bonds. The van der Waals surface area contributed by atoms with Crippen LogP contribution in [0.3, 0.4) is 0 Å². The molecule has 0 radical (unpaired) electrons. The number of hydrogen-bond donors (Lipinski definition) is 0. The topological polar surface area (TPSA) is 55.8 Å². The summed E-state index contributed by atoms with van der Waals surface area (Å²) in [6, 6.07) is 0. The number of carbonyl (C=O) groups excluding carboxylic acids is 2. The summed E-state index contributed by atoms with van der Waals surface area (Å²) in [6.07, 6.45) is -4.26. The Morgan fingerprint density at radius 2 is 1.80 bits per heavy atom. The van der Waals surface area contributed by atoms with Crippen LogP contribution in [0.5, 0.6) is 0 Å². The van der Waals surface area contributed by atoms with Crippen molar-refractivity contribution in [2.45, 2.75) is 45.3 Å². The molecule has 0 aromatic carbocycles. The maximum Gasteiger partial charge on any atom is 0.412 e. The van der Waals surface area contributed by atoms with Gasteiger partial charge in [0.15, 0.2) is 0 Å². The molecule has 20 heavy (non-hydrogen) atoms. The van der Waals surface area contributed by atoms with E-state index in [-0.39, 0.29) is 11.5 Å². The zero-order valence-electron chi connectivity index (χ0n) is 12.2. The van der Waals surface area contributed by atoms with Gasteiger partial charge in [-0.3, -0.25) is 4.90 Å². The lowest BCUT2D eigenvalue weighted by atomic mass is 10.1. The SMILES string of the molecule is CCOC(=O)C(F)C(F)(CF)N(C)C(=O)OC(C)(C)C. The Hall–Kier alpha value is -1.47. The first kappa shape index (κ1) is 18.5. The molecule has 0 aliphatic rings. The average Bonchev–Trinajstić information content (AvgIpc) is 2.34. The smallest absolute Gasteiger partial charge is 0.412 e. The van der Waals surface area contributed by atoms with Crippen LogP contribution in [0.1, 0.15) is 27.7 Å². The van der Waals surface area contributed by atoms with E-state index >= 15 is 0 Å². The Labute approximate surface area is 116 Å². The molecule has 0 aliphatic carbocycles. The molecule has 0 rings (SSSR count). The van der Waals surface area contributed by atoms with Gasteiger partial charge in [0.05, 0.1) is 6.61 Å². The van der Waals surface area contributed by atoms with E-state index in [0.29, 0.717) is 0 Å². The quantitative estimate of drug-likeness (QED) is 0.578. The highest BCUT2D eigenvalue weighted by Crippen LogP contribution is 2.27. The minimum absolute atomic E-state index is 0.0832. The predicted molar refractivity (Wildman–Crippen MR) is 65.3 cm³/mol. The minimum atomic E-state index is -3.48. The van der Waals surface area contributed by atoms with Gasteiger partial charge in [-0.25, -0.2) is 22.8 Å². The number of carbonyl (C=O) groups is 2. The second kappa shape index (κ2) is 6.81. The predicted octanol–water partition coefficient (Wildman–Crippen LogP) is 2.39. The molecule has 0 N–H and O–H groups in total. The fourth-order valence-electron chi connectivity index (χ4n) is 1.21. The molecule has 0 aliphatic heterocycles. The Morgan fingerprint density at radius 1 is 1.30 bits per heavy atom. The van der Waals surface area contributed by atoms with Crippen molar-refractivity contribution in [3.05, 3.63) is 0 Å². The highest BCUT2D eigenvalue weighted by Gasteiger charge is 2.52. The van der Waals surface area contributed by atoms with Gasteiger partial charge in [-0.2, -0.15) is 0 Å². The third kappa shape index (κ3) is 4.57. The lowest BCUT2D eigenvalue weighted by Gasteiger charge is -2.34. The standard InChI is InChI=1S/C12H20F3NO4/c1-6-19-9(17)8(14)12(15,7-13)16(5)10(18)20-11(2,3)4/h8H,6-7H2,1-5H3. The summed E-state index contributed by atoms with van der Waals surface area (Å²) in [5.41, 5.74) is -0.974. The van der Waals surface area contributed by atoms with Crippen molar-refractivity contribution in [2.75, 3.05) is 20.3 Å². The summed E-state index contributed by atoms with van der Waals surface area (Å²) in [7, 11) is 0.805. The number of amides is 1. The molecule has 0 aromatic heterocycles. The van der Waals surface area contributed by atoms with Gasteiger partial charge in [0.25, 0.3) is 12.0 Å². The molecule has 0 saturated heterocycles. The van der Waals surface area contributed by atoms with Crippen molar-refractivity contribution in [1.29, 1.82) is 0 Å². The molecule has 2 atom stereocenters. The molecule has 0 fully saturated rings. The summed E-state index contributed by atoms with van der Waals surface area (Å²) in [5.74, 6) is -5.06. The monoisotopic (exact) mass is 299 g/mol. The van der Waals surface area contributed by atoms with E-state index in [1.54, 1.807) is 0 Å². The Kier molecular flexibility index (Phi) is 6.31. The van der Waals surface area contributed by atoms with Crippen molar-refractivity contribution < 1.29 is 32.2 Å². The first-order valence-electron chi connectivity index (χ1n) is 6.02. The fourth-order valence-corrected chi connectivity index (χ4v) is 1.21. The molecule has 0 saturated carbocycles. The van der Waals surface area contributed by atoms with Crippen molar-refractivity contribution in [3.8, 4) is 0 Å². The number of esters is 1.